The largest absolute Gasteiger partial charge is 0.381 e. The van der Waals surface area contributed by atoms with Crippen molar-refractivity contribution < 1.29 is 4.74 Å². The summed E-state index contributed by atoms with van der Waals surface area (Å²) in [6, 6.07) is 4.12. The van der Waals surface area contributed by atoms with Crippen molar-refractivity contribution in [1.29, 1.82) is 0 Å². The molecule has 2 aromatic rings. The van der Waals surface area contributed by atoms with E-state index in [1.165, 1.54) is 5.56 Å². The molecule has 1 aliphatic heterocycles. The molecule has 0 atom stereocenters. The van der Waals surface area contributed by atoms with E-state index in [4.69, 9.17) is 16.5 Å². The number of methoxy groups -OCH3 is 1. The molecule has 0 bridgehead atoms. The molecule has 0 spiro atoms. The molecule has 1 aliphatic rings. The van der Waals surface area contributed by atoms with E-state index in [0.29, 0.717) is 6.10 Å². The van der Waals surface area contributed by atoms with Crippen LogP contribution in [0.25, 0.3) is 11.0 Å². The average molecular weight is 280 g/mol. The van der Waals surface area contributed by atoms with Crippen molar-refractivity contribution in [3.05, 3.63) is 30.1 Å². The number of nitrogens with zero attached hydrogens (tertiary/aromatic N) is 3. The van der Waals surface area contributed by atoms with Gasteiger partial charge in [-0.15, -0.1) is 0 Å². The molecule has 3 rings (SSSR count). The van der Waals surface area contributed by atoms with Crippen molar-refractivity contribution in [2.24, 2.45) is 0 Å². The summed E-state index contributed by atoms with van der Waals surface area (Å²) in [5.41, 5.74) is 2.13. The van der Waals surface area contributed by atoms with Gasteiger partial charge in [0.2, 0.25) is 0 Å². The van der Waals surface area contributed by atoms with E-state index in [0.717, 1.165) is 43.5 Å². The van der Waals surface area contributed by atoms with Crippen LogP contribution in [-0.4, -0.2) is 40.3 Å². The molecule has 3 heterocycles. The van der Waals surface area contributed by atoms with Crippen LogP contribution in [-0.2, 0) is 11.3 Å². The smallest absolute Gasteiger partial charge is 0.154 e. The molecular formula is C14H18ClN3O. The van der Waals surface area contributed by atoms with Gasteiger partial charge in [0.25, 0.3) is 0 Å². The van der Waals surface area contributed by atoms with Crippen LogP contribution in [0, 0.1) is 0 Å². The fourth-order valence-corrected chi connectivity index (χ4v) is 2.94. The molecule has 0 unspecified atom stereocenters. The van der Waals surface area contributed by atoms with Gasteiger partial charge in [-0.25, -0.2) is 9.07 Å². The summed E-state index contributed by atoms with van der Waals surface area (Å²) in [5.74, 6) is 0. The highest BCUT2D eigenvalue weighted by atomic mass is 35.5. The number of fused-ring (bicyclic) bond motifs is 1. The highest BCUT2D eigenvalue weighted by Crippen LogP contribution is 2.22. The van der Waals surface area contributed by atoms with Gasteiger partial charge in [-0.05, 0) is 30.5 Å². The molecule has 1 saturated heterocycles. The molecule has 5 heteroatoms. The van der Waals surface area contributed by atoms with Gasteiger partial charge in [0.05, 0.1) is 6.10 Å². The SMILES string of the molecule is COC1CCN(Cc2ccnc3c2ccn3Cl)CC1. The summed E-state index contributed by atoms with van der Waals surface area (Å²) in [5, 5.41) is 1.14. The molecule has 0 N–H and O–H groups in total. The first-order valence-corrected chi connectivity index (χ1v) is 6.98. The Labute approximate surface area is 118 Å². The zero-order chi connectivity index (χ0) is 13.2. The predicted octanol–water partition coefficient (Wildman–Crippen LogP) is 2.65. The standard InChI is InChI=1S/C14H18ClN3O/c1-19-12-3-7-17(8-4-12)10-11-2-6-16-14-13(11)5-9-18(14)15/h2,5-6,9,12H,3-4,7-8,10H2,1H3. The van der Waals surface area contributed by atoms with Crippen LogP contribution < -0.4 is 0 Å². The summed E-state index contributed by atoms with van der Waals surface area (Å²) in [7, 11) is 1.80. The van der Waals surface area contributed by atoms with Crippen LogP contribution in [0.15, 0.2) is 24.5 Å². The summed E-state index contributed by atoms with van der Waals surface area (Å²) in [4.78, 5) is 6.78. The number of rotatable bonds is 3. The van der Waals surface area contributed by atoms with E-state index < -0.39 is 0 Å². The first kappa shape index (κ1) is 12.9. The summed E-state index contributed by atoms with van der Waals surface area (Å²) in [6.07, 6.45) is 6.33. The van der Waals surface area contributed by atoms with Crippen molar-refractivity contribution in [3.63, 3.8) is 0 Å². The van der Waals surface area contributed by atoms with Gasteiger partial charge in [-0.1, -0.05) is 0 Å². The molecule has 4 nitrogen and oxygen atoms in total. The van der Waals surface area contributed by atoms with Crippen molar-refractivity contribution in [2.45, 2.75) is 25.5 Å². The topological polar surface area (TPSA) is 30.3 Å². The molecule has 0 aliphatic carbocycles. The van der Waals surface area contributed by atoms with E-state index in [2.05, 4.69) is 16.0 Å². The van der Waals surface area contributed by atoms with Crippen LogP contribution in [0.2, 0.25) is 0 Å². The third kappa shape index (κ3) is 2.61. The number of likely N-dealkylation sites (tertiary alicyclic amines) is 1. The Morgan fingerprint density at radius 1 is 1.37 bits per heavy atom. The Morgan fingerprint density at radius 3 is 2.89 bits per heavy atom. The quantitative estimate of drug-likeness (QED) is 0.865. The molecular weight excluding hydrogens is 262 g/mol. The third-order valence-electron chi connectivity index (χ3n) is 3.90. The highest BCUT2D eigenvalue weighted by molar-refractivity contribution is 6.18. The maximum absolute atomic E-state index is 6.05. The first-order chi connectivity index (χ1) is 9.28. The minimum Gasteiger partial charge on any atom is -0.381 e. The minimum absolute atomic E-state index is 0.428. The Bertz CT molecular complexity index is 561. The summed E-state index contributed by atoms with van der Waals surface area (Å²) < 4.78 is 6.96. The van der Waals surface area contributed by atoms with Crippen molar-refractivity contribution in [2.75, 3.05) is 20.2 Å². The van der Waals surface area contributed by atoms with Crippen LogP contribution in [0.5, 0.6) is 0 Å². The molecule has 2 aromatic heterocycles. The number of halogens is 1. The van der Waals surface area contributed by atoms with Gasteiger partial charge < -0.3 is 4.74 Å². The van der Waals surface area contributed by atoms with Crippen molar-refractivity contribution in [3.8, 4) is 0 Å². The zero-order valence-corrected chi connectivity index (χ0v) is 11.8. The molecule has 19 heavy (non-hydrogen) atoms. The Balaban J connectivity index is 1.75. The Hall–Kier alpha value is -1.10. The monoisotopic (exact) mass is 279 g/mol. The fourth-order valence-electron chi connectivity index (χ4n) is 2.75. The van der Waals surface area contributed by atoms with Crippen LogP contribution in [0.1, 0.15) is 18.4 Å². The molecule has 1 fully saturated rings. The molecule has 0 amide bonds. The normalized spacial score (nSPS) is 18.2. The van der Waals surface area contributed by atoms with E-state index >= 15 is 0 Å². The number of piperidine rings is 1. The molecule has 102 valence electrons. The maximum Gasteiger partial charge on any atom is 0.154 e. The number of hydrogen-bond donors (Lipinski definition) is 0. The van der Waals surface area contributed by atoms with Crippen LogP contribution >= 0.6 is 11.8 Å². The number of hydrogen-bond acceptors (Lipinski definition) is 3. The van der Waals surface area contributed by atoms with Gasteiger partial charge in [-0.3, -0.25) is 4.90 Å². The van der Waals surface area contributed by atoms with Crippen LogP contribution in [0.3, 0.4) is 0 Å². The molecule has 0 saturated carbocycles. The van der Waals surface area contributed by atoms with Gasteiger partial charge in [-0.2, -0.15) is 0 Å². The lowest BCUT2D eigenvalue weighted by molar-refractivity contribution is 0.0390. The summed E-state index contributed by atoms with van der Waals surface area (Å²) >= 11 is 6.05. The van der Waals surface area contributed by atoms with Gasteiger partial charge in [0.1, 0.15) is 0 Å². The van der Waals surface area contributed by atoms with Crippen LogP contribution in [0.4, 0.5) is 0 Å². The summed E-state index contributed by atoms with van der Waals surface area (Å²) in [6.45, 7) is 3.13. The van der Waals surface area contributed by atoms with Gasteiger partial charge in [0, 0.05) is 56.3 Å². The zero-order valence-electron chi connectivity index (χ0n) is 11.1. The van der Waals surface area contributed by atoms with Gasteiger partial charge >= 0.3 is 0 Å². The highest BCUT2D eigenvalue weighted by Gasteiger charge is 2.19. The Kier molecular flexibility index (Phi) is 3.73. The average Bonchev–Trinajstić information content (AvgIpc) is 2.83. The maximum atomic E-state index is 6.05. The second-order valence-corrected chi connectivity index (χ2v) is 5.41. The predicted molar refractivity (Wildman–Crippen MR) is 76.3 cm³/mol. The first-order valence-electron chi connectivity index (χ1n) is 6.64. The molecule has 0 aromatic carbocycles. The number of pyridine rings is 1. The van der Waals surface area contributed by atoms with Gasteiger partial charge in [0.15, 0.2) is 5.65 Å². The number of aromatic nitrogens is 2. The lowest BCUT2D eigenvalue weighted by atomic mass is 10.1. The lowest BCUT2D eigenvalue weighted by Crippen LogP contribution is -2.36. The number of ether oxygens (including phenoxy) is 1. The van der Waals surface area contributed by atoms with E-state index in [-0.39, 0.29) is 0 Å². The van der Waals surface area contributed by atoms with E-state index in [1.54, 1.807) is 11.2 Å². The van der Waals surface area contributed by atoms with E-state index in [9.17, 15) is 0 Å². The lowest BCUT2D eigenvalue weighted by Gasteiger charge is -2.31. The molecule has 0 radical (unpaired) electrons. The second-order valence-electron chi connectivity index (χ2n) is 5.05. The van der Waals surface area contributed by atoms with Crippen molar-refractivity contribution in [1.82, 2.24) is 14.0 Å². The van der Waals surface area contributed by atoms with E-state index in [1.807, 2.05) is 18.5 Å². The van der Waals surface area contributed by atoms with Crippen molar-refractivity contribution >= 4 is 22.8 Å². The third-order valence-corrected chi connectivity index (χ3v) is 4.17. The second kappa shape index (κ2) is 5.49. The minimum atomic E-state index is 0.428. The fraction of sp³-hybridized carbons (Fsp3) is 0.500. The Morgan fingerprint density at radius 2 is 2.16 bits per heavy atom.